The molecule has 5 nitrogen and oxygen atoms in total. The number of nitrogens with one attached hydrogen (secondary N) is 2. The van der Waals surface area contributed by atoms with E-state index < -0.39 is 0 Å². The van der Waals surface area contributed by atoms with Crippen LogP contribution < -0.4 is 21.4 Å². The number of nitrogens with two attached hydrogens (primary N) is 1. The Morgan fingerprint density at radius 1 is 1.55 bits per heavy atom. The van der Waals surface area contributed by atoms with Gasteiger partial charge in [-0.2, -0.15) is 5.10 Å². The van der Waals surface area contributed by atoms with E-state index in [9.17, 15) is 4.39 Å². The van der Waals surface area contributed by atoms with E-state index in [-0.39, 0.29) is 12.0 Å². The first-order chi connectivity index (χ1) is 9.61. The van der Waals surface area contributed by atoms with Gasteiger partial charge in [-0.3, -0.25) is 0 Å². The monoisotopic (exact) mass is 279 g/mol. The number of hydrazone groups is 1. The van der Waals surface area contributed by atoms with Crippen LogP contribution in [0.15, 0.2) is 23.3 Å². The Labute approximate surface area is 119 Å². The Balaban J connectivity index is 2.10. The van der Waals surface area contributed by atoms with E-state index >= 15 is 0 Å². The van der Waals surface area contributed by atoms with E-state index in [1.54, 1.807) is 19.3 Å². The molecule has 6 heteroatoms. The molecule has 1 fully saturated rings. The van der Waals surface area contributed by atoms with Crippen LogP contribution in [0.25, 0.3) is 0 Å². The highest BCUT2D eigenvalue weighted by Gasteiger charge is 2.23. The third kappa shape index (κ3) is 3.84. The molecule has 4 N–H and O–H groups in total. The fourth-order valence-electron chi connectivity index (χ4n) is 1.97. The van der Waals surface area contributed by atoms with Crippen LogP contribution in [0.4, 0.5) is 15.8 Å². The molecule has 1 unspecified atom stereocenters. The van der Waals surface area contributed by atoms with Crippen molar-refractivity contribution in [2.45, 2.75) is 31.5 Å². The summed E-state index contributed by atoms with van der Waals surface area (Å²) < 4.78 is 13.4. The Morgan fingerprint density at radius 3 is 2.95 bits per heavy atom. The van der Waals surface area contributed by atoms with Crippen molar-refractivity contribution in [1.29, 1.82) is 0 Å². The Hall–Kier alpha value is -1.82. The van der Waals surface area contributed by atoms with E-state index in [2.05, 4.69) is 15.8 Å². The summed E-state index contributed by atoms with van der Waals surface area (Å²) in [7, 11) is 3.65. The van der Waals surface area contributed by atoms with Gasteiger partial charge in [-0.25, -0.2) is 4.39 Å². The van der Waals surface area contributed by atoms with Crippen molar-refractivity contribution in [1.82, 2.24) is 5.43 Å². The molecule has 0 spiro atoms. The van der Waals surface area contributed by atoms with E-state index in [4.69, 9.17) is 5.73 Å². The van der Waals surface area contributed by atoms with Crippen molar-refractivity contribution in [3.63, 3.8) is 0 Å². The van der Waals surface area contributed by atoms with Crippen molar-refractivity contribution < 1.29 is 4.39 Å². The zero-order valence-electron chi connectivity index (χ0n) is 11.9. The standard InChI is InChI=1S/C14H22FN5/c1-17-18-8-7-14(16)20(2)13-6-3-10(15)9-12(13)19-11-4-5-11/h3,6,8-9,11,14,17,19H,4-5,7,16H2,1-2H3/b18-8-. The van der Waals surface area contributed by atoms with E-state index in [0.717, 1.165) is 24.2 Å². The molecule has 0 amide bonds. The minimum absolute atomic E-state index is 0.211. The topological polar surface area (TPSA) is 65.7 Å². The van der Waals surface area contributed by atoms with Crippen LogP contribution in [0.3, 0.4) is 0 Å². The second-order valence-electron chi connectivity index (χ2n) is 5.03. The van der Waals surface area contributed by atoms with Gasteiger partial charge in [0, 0.05) is 32.8 Å². The van der Waals surface area contributed by atoms with Crippen molar-refractivity contribution in [3.8, 4) is 0 Å². The average Bonchev–Trinajstić information content (AvgIpc) is 3.22. The molecule has 0 bridgehead atoms. The minimum Gasteiger partial charge on any atom is -0.381 e. The van der Waals surface area contributed by atoms with Crippen LogP contribution in [0, 0.1) is 5.82 Å². The summed E-state index contributed by atoms with van der Waals surface area (Å²) in [6.45, 7) is 0. The molecule has 2 rings (SSSR count). The molecule has 1 atom stereocenters. The number of benzene rings is 1. The van der Waals surface area contributed by atoms with Crippen LogP contribution in [0.2, 0.25) is 0 Å². The van der Waals surface area contributed by atoms with Crippen molar-refractivity contribution in [2.75, 3.05) is 24.3 Å². The number of rotatable bonds is 7. The van der Waals surface area contributed by atoms with E-state index in [1.807, 2.05) is 11.9 Å². The first kappa shape index (κ1) is 14.6. The summed E-state index contributed by atoms with van der Waals surface area (Å²) in [5.41, 5.74) is 10.5. The van der Waals surface area contributed by atoms with Crippen LogP contribution >= 0.6 is 0 Å². The molecule has 20 heavy (non-hydrogen) atoms. The summed E-state index contributed by atoms with van der Waals surface area (Å²) in [6.07, 6.45) is 4.41. The Bertz CT molecular complexity index is 473. The molecule has 1 aromatic rings. The minimum atomic E-state index is -0.240. The summed E-state index contributed by atoms with van der Waals surface area (Å²) in [4.78, 5) is 1.94. The molecule has 110 valence electrons. The quantitative estimate of drug-likeness (QED) is 0.404. The molecule has 0 aromatic heterocycles. The fraction of sp³-hybridized carbons (Fsp3) is 0.500. The van der Waals surface area contributed by atoms with Gasteiger partial charge >= 0.3 is 0 Å². The number of nitrogens with zero attached hydrogens (tertiary/aromatic N) is 2. The lowest BCUT2D eigenvalue weighted by molar-refractivity contribution is 0.626. The predicted octanol–water partition coefficient (Wildman–Crippen LogP) is 1.72. The molecule has 1 aliphatic rings. The second-order valence-corrected chi connectivity index (χ2v) is 5.03. The van der Waals surface area contributed by atoms with Gasteiger partial charge in [0.2, 0.25) is 0 Å². The van der Waals surface area contributed by atoms with Gasteiger partial charge in [0.15, 0.2) is 0 Å². The third-order valence-corrected chi connectivity index (χ3v) is 3.34. The molecule has 0 saturated heterocycles. The van der Waals surface area contributed by atoms with E-state index in [0.29, 0.717) is 12.5 Å². The smallest absolute Gasteiger partial charge is 0.125 e. The number of anilines is 2. The summed E-state index contributed by atoms with van der Waals surface area (Å²) in [5, 5.41) is 7.27. The van der Waals surface area contributed by atoms with Crippen LogP contribution in [-0.2, 0) is 0 Å². The summed E-state index contributed by atoms with van der Waals surface area (Å²) in [6, 6.07) is 5.21. The lowest BCUT2D eigenvalue weighted by Gasteiger charge is -2.28. The van der Waals surface area contributed by atoms with Gasteiger partial charge in [-0.05, 0) is 31.0 Å². The van der Waals surface area contributed by atoms with Gasteiger partial charge in [-0.1, -0.05) is 0 Å². The van der Waals surface area contributed by atoms with Crippen LogP contribution in [-0.4, -0.2) is 32.5 Å². The largest absolute Gasteiger partial charge is 0.381 e. The van der Waals surface area contributed by atoms with Gasteiger partial charge in [-0.15, -0.1) is 0 Å². The highest BCUT2D eigenvalue weighted by molar-refractivity contribution is 5.71. The van der Waals surface area contributed by atoms with Gasteiger partial charge in [0.1, 0.15) is 5.82 Å². The first-order valence-corrected chi connectivity index (χ1v) is 6.84. The lowest BCUT2D eigenvalue weighted by atomic mass is 10.2. The lowest BCUT2D eigenvalue weighted by Crippen LogP contribution is -2.40. The number of hydrogen-bond donors (Lipinski definition) is 3. The highest BCUT2D eigenvalue weighted by atomic mass is 19.1. The van der Waals surface area contributed by atoms with Crippen molar-refractivity contribution in [3.05, 3.63) is 24.0 Å². The zero-order chi connectivity index (χ0) is 14.5. The van der Waals surface area contributed by atoms with Crippen LogP contribution in [0.1, 0.15) is 19.3 Å². The maximum absolute atomic E-state index is 13.4. The first-order valence-electron chi connectivity index (χ1n) is 6.84. The molecule has 1 saturated carbocycles. The molecule has 1 aromatic carbocycles. The predicted molar refractivity (Wildman–Crippen MR) is 81.6 cm³/mol. The normalized spacial score (nSPS) is 16.2. The van der Waals surface area contributed by atoms with E-state index in [1.165, 1.54) is 12.1 Å². The molecular weight excluding hydrogens is 257 g/mol. The second kappa shape index (κ2) is 6.56. The zero-order valence-corrected chi connectivity index (χ0v) is 11.9. The Morgan fingerprint density at radius 2 is 2.30 bits per heavy atom. The fourth-order valence-corrected chi connectivity index (χ4v) is 1.97. The van der Waals surface area contributed by atoms with Crippen molar-refractivity contribution >= 4 is 17.6 Å². The molecular formula is C14H22FN5. The third-order valence-electron chi connectivity index (χ3n) is 3.34. The van der Waals surface area contributed by atoms with Gasteiger partial charge < -0.3 is 21.4 Å². The number of halogens is 1. The maximum Gasteiger partial charge on any atom is 0.125 e. The van der Waals surface area contributed by atoms with Gasteiger partial charge in [0.05, 0.1) is 17.5 Å². The molecule has 0 heterocycles. The average molecular weight is 279 g/mol. The van der Waals surface area contributed by atoms with Crippen molar-refractivity contribution in [2.24, 2.45) is 10.8 Å². The molecule has 1 aliphatic carbocycles. The van der Waals surface area contributed by atoms with Gasteiger partial charge in [0.25, 0.3) is 0 Å². The summed E-state index contributed by atoms with van der Waals surface area (Å²) >= 11 is 0. The molecule has 0 aliphatic heterocycles. The molecule has 0 radical (unpaired) electrons. The maximum atomic E-state index is 13.4. The summed E-state index contributed by atoms with van der Waals surface area (Å²) in [5.74, 6) is -0.240. The number of hydrogen-bond acceptors (Lipinski definition) is 5. The SMILES string of the molecule is CN/N=C\CC(N)N(C)c1ccc(F)cc1NC1CC1. The highest BCUT2D eigenvalue weighted by Crippen LogP contribution is 2.32. The Kier molecular flexibility index (Phi) is 4.79. The van der Waals surface area contributed by atoms with Crippen LogP contribution in [0.5, 0.6) is 0 Å².